The largest absolute Gasteiger partial charge is 0.319 e. The van der Waals surface area contributed by atoms with E-state index in [1.165, 1.54) is 6.07 Å². The predicted molar refractivity (Wildman–Crippen MR) is 67.3 cm³/mol. The summed E-state index contributed by atoms with van der Waals surface area (Å²) in [6.07, 6.45) is 2.65. The van der Waals surface area contributed by atoms with Crippen molar-refractivity contribution in [3.8, 4) is 0 Å². The molecule has 1 amide bonds. The number of anilines is 1. The minimum Gasteiger partial charge on any atom is -0.319 e. The van der Waals surface area contributed by atoms with Crippen LogP contribution in [-0.4, -0.2) is 23.4 Å². The minimum absolute atomic E-state index is 0.0174. The van der Waals surface area contributed by atoms with Crippen molar-refractivity contribution < 1.29 is 14.1 Å². The van der Waals surface area contributed by atoms with Crippen LogP contribution in [0.2, 0.25) is 0 Å². The zero-order valence-corrected chi connectivity index (χ0v) is 10.2. The molecular weight excluding hydrogens is 253 g/mol. The molecule has 0 aromatic heterocycles. The number of nitro groups is 1. The van der Waals surface area contributed by atoms with Gasteiger partial charge in [0.1, 0.15) is 11.5 Å². The van der Waals surface area contributed by atoms with Gasteiger partial charge in [-0.25, -0.2) is 4.39 Å². The van der Waals surface area contributed by atoms with Gasteiger partial charge in [0, 0.05) is 0 Å². The van der Waals surface area contributed by atoms with Crippen molar-refractivity contribution in [3.63, 3.8) is 0 Å². The molecule has 1 aromatic rings. The first-order valence-electron chi connectivity index (χ1n) is 6.06. The second kappa shape index (κ2) is 5.75. The van der Waals surface area contributed by atoms with Gasteiger partial charge >= 0.3 is 0 Å². The van der Waals surface area contributed by atoms with E-state index in [1.807, 2.05) is 0 Å². The second-order valence-corrected chi connectivity index (χ2v) is 4.41. The highest BCUT2D eigenvalue weighted by Crippen LogP contribution is 2.25. The van der Waals surface area contributed by atoms with Crippen molar-refractivity contribution in [3.05, 3.63) is 34.1 Å². The number of carbonyl (C=O) groups excluding carboxylic acids is 1. The number of nitro benzene ring substituents is 1. The first-order valence-corrected chi connectivity index (χ1v) is 6.06. The fraction of sp³-hybridized carbons (Fsp3) is 0.417. The van der Waals surface area contributed by atoms with Crippen molar-refractivity contribution in [2.45, 2.75) is 25.3 Å². The molecule has 1 aliphatic rings. The molecule has 2 rings (SSSR count). The maximum Gasteiger partial charge on any atom is 0.295 e. The van der Waals surface area contributed by atoms with E-state index in [-0.39, 0.29) is 17.6 Å². The van der Waals surface area contributed by atoms with Crippen molar-refractivity contribution in [1.82, 2.24) is 5.32 Å². The number of hydrogen-bond acceptors (Lipinski definition) is 4. The van der Waals surface area contributed by atoms with Gasteiger partial charge in [-0.1, -0.05) is 6.42 Å². The molecule has 0 aliphatic carbocycles. The highest BCUT2D eigenvalue weighted by atomic mass is 19.1. The lowest BCUT2D eigenvalue weighted by Crippen LogP contribution is -2.43. The number of hydrogen-bond donors (Lipinski definition) is 2. The highest BCUT2D eigenvalue weighted by Gasteiger charge is 2.23. The van der Waals surface area contributed by atoms with Crippen LogP contribution in [0.4, 0.5) is 15.8 Å². The number of halogens is 1. The summed E-state index contributed by atoms with van der Waals surface area (Å²) in [6.45, 7) is 0.754. The molecule has 1 fully saturated rings. The summed E-state index contributed by atoms with van der Waals surface area (Å²) in [5, 5.41) is 16.3. The minimum atomic E-state index is -0.715. The Morgan fingerprint density at radius 2 is 2.26 bits per heavy atom. The first-order chi connectivity index (χ1) is 9.08. The van der Waals surface area contributed by atoms with E-state index < -0.39 is 16.4 Å². The molecule has 0 unspecified atom stereocenters. The molecule has 1 heterocycles. The van der Waals surface area contributed by atoms with Crippen molar-refractivity contribution in [1.29, 1.82) is 0 Å². The Bertz CT molecular complexity index is 501. The molecule has 19 heavy (non-hydrogen) atoms. The third-order valence-electron chi connectivity index (χ3n) is 3.04. The molecule has 1 aromatic carbocycles. The number of nitrogens with one attached hydrogen (secondary N) is 2. The standard InChI is InChI=1S/C12H14FN3O3/c13-8-4-5-9(11(7-8)16(18)19)15-12(17)10-3-1-2-6-14-10/h4-5,7,10,14H,1-3,6H2,(H,15,17)/t10-/m0/s1. The molecular formula is C12H14FN3O3. The number of benzene rings is 1. The Morgan fingerprint density at radius 3 is 2.89 bits per heavy atom. The van der Waals surface area contributed by atoms with Gasteiger partial charge in [0.05, 0.1) is 17.0 Å². The number of amides is 1. The first kappa shape index (κ1) is 13.4. The van der Waals surface area contributed by atoms with Gasteiger partial charge in [0.15, 0.2) is 0 Å². The second-order valence-electron chi connectivity index (χ2n) is 4.41. The Morgan fingerprint density at radius 1 is 1.47 bits per heavy atom. The van der Waals surface area contributed by atoms with E-state index in [9.17, 15) is 19.3 Å². The van der Waals surface area contributed by atoms with Crippen LogP contribution < -0.4 is 10.6 Å². The maximum atomic E-state index is 13.0. The van der Waals surface area contributed by atoms with Gasteiger partial charge in [-0.2, -0.15) is 0 Å². The van der Waals surface area contributed by atoms with Crippen LogP contribution in [0.1, 0.15) is 19.3 Å². The fourth-order valence-corrected chi connectivity index (χ4v) is 2.06. The van der Waals surface area contributed by atoms with E-state index in [4.69, 9.17) is 0 Å². The predicted octanol–water partition coefficient (Wildman–Crippen LogP) is 1.81. The quantitative estimate of drug-likeness (QED) is 0.646. The van der Waals surface area contributed by atoms with E-state index in [0.29, 0.717) is 6.42 Å². The van der Waals surface area contributed by atoms with E-state index in [0.717, 1.165) is 31.5 Å². The van der Waals surface area contributed by atoms with Crippen LogP contribution >= 0.6 is 0 Å². The zero-order valence-electron chi connectivity index (χ0n) is 10.2. The summed E-state index contributed by atoms with van der Waals surface area (Å²) in [5.74, 6) is -1.03. The maximum absolute atomic E-state index is 13.0. The zero-order chi connectivity index (χ0) is 13.8. The topological polar surface area (TPSA) is 84.3 Å². The van der Waals surface area contributed by atoms with Crippen LogP contribution in [0.3, 0.4) is 0 Å². The Balaban J connectivity index is 2.13. The Hall–Kier alpha value is -2.02. The van der Waals surface area contributed by atoms with Gasteiger partial charge in [0.25, 0.3) is 5.69 Å². The summed E-state index contributed by atoms with van der Waals surface area (Å²) >= 11 is 0. The third kappa shape index (κ3) is 3.25. The van der Waals surface area contributed by atoms with Crippen molar-refractivity contribution in [2.75, 3.05) is 11.9 Å². The normalized spacial score (nSPS) is 18.9. The smallest absolute Gasteiger partial charge is 0.295 e. The van der Waals surface area contributed by atoms with Crippen LogP contribution in [-0.2, 0) is 4.79 Å². The van der Waals surface area contributed by atoms with Crippen LogP contribution in [0.15, 0.2) is 18.2 Å². The monoisotopic (exact) mass is 267 g/mol. The van der Waals surface area contributed by atoms with Gasteiger partial charge in [0.2, 0.25) is 5.91 Å². The number of rotatable bonds is 3. The van der Waals surface area contributed by atoms with Crippen LogP contribution in [0.25, 0.3) is 0 Å². The van der Waals surface area contributed by atoms with Gasteiger partial charge < -0.3 is 10.6 Å². The molecule has 7 heteroatoms. The molecule has 6 nitrogen and oxygen atoms in total. The average Bonchev–Trinajstić information content (AvgIpc) is 2.41. The summed E-state index contributed by atoms with van der Waals surface area (Å²) < 4.78 is 13.0. The van der Waals surface area contributed by atoms with E-state index in [2.05, 4.69) is 10.6 Å². The van der Waals surface area contributed by atoms with Crippen LogP contribution in [0, 0.1) is 15.9 Å². The van der Waals surface area contributed by atoms with Crippen LogP contribution in [0.5, 0.6) is 0 Å². The molecule has 1 atom stereocenters. The highest BCUT2D eigenvalue weighted by molar-refractivity contribution is 5.96. The summed E-state index contributed by atoms with van der Waals surface area (Å²) in [7, 11) is 0. The lowest BCUT2D eigenvalue weighted by Gasteiger charge is -2.22. The fourth-order valence-electron chi connectivity index (χ4n) is 2.06. The van der Waals surface area contributed by atoms with E-state index in [1.54, 1.807) is 0 Å². The van der Waals surface area contributed by atoms with Crippen molar-refractivity contribution in [2.24, 2.45) is 0 Å². The van der Waals surface area contributed by atoms with Gasteiger partial charge in [-0.15, -0.1) is 0 Å². The summed E-state index contributed by atoms with van der Waals surface area (Å²) in [6, 6.07) is 2.73. The molecule has 0 radical (unpaired) electrons. The molecule has 0 bridgehead atoms. The molecule has 0 saturated carbocycles. The summed E-state index contributed by atoms with van der Waals surface area (Å²) in [4.78, 5) is 22.0. The van der Waals surface area contributed by atoms with Crippen molar-refractivity contribution >= 4 is 17.3 Å². The number of piperidine rings is 1. The molecule has 102 valence electrons. The molecule has 0 spiro atoms. The molecule has 1 saturated heterocycles. The molecule has 1 aliphatic heterocycles. The number of nitrogens with zero attached hydrogens (tertiary/aromatic N) is 1. The lowest BCUT2D eigenvalue weighted by atomic mass is 10.0. The molecule has 2 N–H and O–H groups in total. The lowest BCUT2D eigenvalue weighted by molar-refractivity contribution is -0.384. The van der Waals surface area contributed by atoms with E-state index >= 15 is 0 Å². The Labute approximate surface area is 109 Å². The summed E-state index contributed by atoms with van der Waals surface area (Å²) in [5.41, 5.74) is -0.423. The van der Waals surface area contributed by atoms with Gasteiger partial charge in [-0.3, -0.25) is 14.9 Å². The van der Waals surface area contributed by atoms with Gasteiger partial charge in [-0.05, 0) is 31.5 Å². The number of carbonyl (C=O) groups is 1. The SMILES string of the molecule is O=C(Nc1ccc(F)cc1[N+](=O)[O-])[C@@H]1CCCCN1. The average molecular weight is 267 g/mol. The Kier molecular flexibility index (Phi) is 4.06. The third-order valence-corrected chi connectivity index (χ3v) is 3.04.